The molecule has 2 amide bonds. The van der Waals surface area contributed by atoms with Crippen molar-refractivity contribution in [3.8, 4) is 0 Å². The number of rotatable bonds is 7. The van der Waals surface area contributed by atoms with Crippen LogP contribution in [0.25, 0.3) is 0 Å². The van der Waals surface area contributed by atoms with Gasteiger partial charge in [-0.25, -0.2) is 0 Å². The predicted molar refractivity (Wildman–Crippen MR) is 100 cm³/mol. The highest BCUT2D eigenvalue weighted by molar-refractivity contribution is 7.98. The molecule has 1 aromatic carbocycles. The molecule has 7 nitrogen and oxygen atoms in total. The lowest BCUT2D eigenvalue weighted by Crippen LogP contribution is -2.24. The lowest BCUT2D eigenvalue weighted by molar-refractivity contribution is -0.117. The van der Waals surface area contributed by atoms with Gasteiger partial charge in [0.25, 0.3) is 0 Å². The van der Waals surface area contributed by atoms with Gasteiger partial charge in [-0.15, -0.1) is 16.9 Å². The summed E-state index contributed by atoms with van der Waals surface area (Å²) < 4.78 is 5.55. The first-order valence-corrected chi connectivity index (χ1v) is 9.91. The molecule has 26 heavy (non-hydrogen) atoms. The molecule has 1 aromatic heterocycles. The molecule has 1 fully saturated rings. The maximum Gasteiger partial charge on any atom is 0.322 e. The van der Waals surface area contributed by atoms with Gasteiger partial charge in [0.2, 0.25) is 17.7 Å². The molecule has 0 spiro atoms. The van der Waals surface area contributed by atoms with Crippen molar-refractivity contribution >= 4 is 35.3 Å². The number of nitrogens with zero attached hydrogens (tertiary/aromatic N) is 3. The second-order valence-corrected chi connectivity index (χ2v) is 7.08. The highest BCUT2D eigenvalue weighted by atomic mass is 32.2. The number of hydrogen-bond donors (Lipinski definition) is 1. The van der Waals surface area contributed by atoms with Crippen LogP contribution in [0.2, 0.25) is 0 Å². The van der Waals surface area contributed by atoms with E-state index in [4.69, 9.17) is 4.42 Å². The van der Waals surface area contributed by atoms with E-state index in [1.165, 1.54) is 0 Å². The van der Waals surface area contributed by atoms with Crippen molar-refractivity contribution in [1.29, 1.82) is 0 Å². The third-order valence-corrected chi connectivity index (χ3v) is 5.05. The second-order valence-electron chi connectivity index (χ2n) is 6.20. The fourth-order valence-corrected chi connectivity index (χ4v) is 3.26. The number of nitrogens with one attached hydrogen (secondary N) is 1. The van der Waals surface area contributed by atoms with Crippen LogP contribution in [0.15, 0.2) is 33.6 Å². The number of carbonyl (C=O) groups is 2. The molecule has 1 aliphatic heterocycles. The van der Waals surface area contributed by atoms with E-state index >= 15 is 0 Å². The minimum atomic E-state index is -0.170. The Bertz CT molecular complexity index is 775. The van der Waals surface area contributed by atoms with Crippen molar-refractivity contribution in [3.63, 3.8) is 0 Å². The van der Waals surface area contributed by atoms with Crippen molar-refractivity contribution in [2.45, 2.75) is 43.4 Å². The van der Waals surface area contributed by atoms with Crippen LogP contribution in [0.1, 0.15) is 44.4 Å². The van der Waals surface area contributed by atoms with Gasteiger partial charge in [0.05, 0.1) is 5.92 Å². The Labute approximate surface area is 156 Å². The first-order chi connectivity index (χ1) is 12.6. The van der Waals surface area contributed by atoms with Crippen LogP contribution >= 0.6 is 11.8 Å². The Morgan fingerprint density at radius 3 is 2.81 bits per heavy atom. The average Bonchev–Trinajstić information content (AvgIpc) is 3.26. The summed E-state index contributed by atoms with van der Waals surface area (Å²) in [5, 5.41) is 10.5. The van der Waals surface area contributed by atoms with Crippen molar-refractivity contribution in [3.05, 3.63) is 30.2 Å². The third kappa shape index (κ3) is 4.24. The van der Waals surface area contributed by atoms with Gasteiger partial charge >= 0.3 is 6.01 Å². The quantitative estimate of drug-likeness (QED) is 0.747. The maximum atomic E-state index is 12.4. The van der Waals surface area contributed by atoms with Gasteiger partial charge < -0.3 is 9.32 Å². The SMILES string of the molecule is CCCCC(=O)Nc1nnc(C2CC(=O)N(c3ccc(SC)cc3)C2)o1. The van der Waals surface area contributed by atoms with E-state index in [1.807, 2.05) is 37.4 Å². The minimum Gasteiger partial charge on any atom is -0.407 e. The van der Waals surface area contributed by atoms with E-state index in [2.05, 4.69) is 15.5 Å². The van der Waals surface area contributed by atoms with E-state index < -0.39 is 0 Å². The Balaban J connectivity index is 1.64. The Hall–Kier alpha value is -2.35. The van der Waals surface area contributed by atoms with E-state index in [1.54, 1.807) is 16.7 Å². The number of anilines is 2. The van der Waals surface area contributed by atoms with Crippen molar-refractivity contribution in [2.24, 2.45) is 0 Å². The second kappa shape index (κ2) is 8.35. The van der Waals surface area contributed by atoms with Gasteiger partial charge in [0.15, 0.2) is 0 Å². The van der Waals surface area contributed by atoms with Crippen LogP contribution in [0.5, 0.6) is 0 Å². The molecule has 0 radical (unpaired) electrons. The van der Waals surface area contributed by atoms with E-state index in [0.29, 0.717) is 25.3 Å². The zero-order valence-electron chi connectivity index (χ0n) is 14.9. The summed E-state index contributed by atoms with van der Waals surface area (Å²) in [6, 6.07) is 7.98. The molecule has 3 rings (SSSR count). The molecule has 2 aromatic rings. The van der Waals surface area contributed by atoms with Crippen LogP contribution in [0, 0.1) is 0 Å². The first-order valence-electron chi connectivity index (χ1n) is 8.68. The van der Waals surface area contributed by atoms with Crippen LogP contribution in [0.3, 0.4) is 0 Å². The van der Waals surface area contributed by atoms with Crippen LogP contribution in [-0.2, 0) is 9.59 Å². The van der Waals surface area contributed by atoms with Crippen molar-refractivity contribution in [1.82, 2.24) is 10.2 Å². The fourth-order valence-electron chi connectivity index (χ4n) is 2.85. The number of amides is 2. The van der Waals surface area contributed by atoms with Gasteiger partial charge in [0, 0.05) is 30.0 Å². The predicted octanol–water partition coefficient (Wildman–Crippen LogP) is 3.44. The van der Waals surface area contributed by atoms with E-state index in [-0.39, 0.29) is 23.7 Å². The van der Waals surface area contributed by atoms with Gasteiger partial charge in [-0.1, -0.05) is 18.4 Å². The molecule has 0 aliphatic carbocycles. The van der Waals surface area contributed by atoms with E-state index in [0.717, 1.165) is 23.4 Å². The smallest absolute Gasteiger partial charge is 0.322 e. The lowest BCUT2D eigenvalue weighted by Gasteiger charge is -2.16. The number of aromatic nitrogens is 2. The molecule has 8 heteroatoms. The molecule has 1 unspecified atom stereocenters. The number of unbranched alkanes of at least 4 members (excludes halogenated alkanes) is 1. The molecule has 1 saturated heterocycles. The van der Waals surface area contributed by atoms with Gasteiger partial charge in [0.1, 0.15) is 0 Å². The Kier molecular flexibility index (Phi) is 5.92. The zero-order valence-corrected chi connectivity index (χ0v) is 15.7. The van der Waals surface area contributed by atoms with Crippen molar-refractivity contribution in [2.75, 3.05) is 23.0 Å². The summed E-state index contributed by atoms with van der Waals surface area (Å²) in [4.78, 5) is 27.0. The molecule has 2 heterocycles. The summed E-state index contributed by atoms with van der Waals surface area (Å²) >= 11 is 1.66. The van der Waals surface area contributed by atoms with E-state index in [9.17, 15) is 9.59 Å². The number of benzene rings is 1. The summed E-state index contributed by atoms with van der Waals surface area (Å²) in [5.74, 6) is 0.0996. The summed E-state index contributed by atoms with van der Waals surface area (Å²) in [5.41, 5.74) is 0.864. The van der Waals surface area contributed by atoms with Crippen LogP contribution in [-0.4, -0.2) is 34.8 Å². The third-order valence-electron chi connectivity index (χ3n) is 4.30. The largest absolute Gasteiger partial charge is 0.407 e. The monoisotopic (exact) mass is 374 g/mol. The Morgan fingerprint density at radius 2 is 2.12 bits per heavy atom. The highest BCUT2D eigenvalue weighted by Crippen LogP contribution is 2.32. The molecule has 1 N–H and O–H groups in total. The standard InChI is InChI=1S/C18H22N4O3S/c1-3-4-5-15(23)19-18-21-20-17(25-18)12-10-16(24)22(11-12)13-6-8-14(26-2)9-7-13/h6-9,12H,3-5,10-11H2,1-2H3,(H,19,21,23). The number of thioether (sulfide) groups is 1. The molecule has 0 bridgehead atoms. The molecule has 0 saturated carbocycles. The van der Waals surface area contributed by atoms with Crippen LogP contribution < -0.4 is 10.2 Å². The Morgan fingerprint density at radius 1 is 1.35 bits per heavy atom. The molecule has 1 atom stereocenters. The fraction of sp³-hybridized carbons (Fsp3) is 0.444. The maximum absolute atomic E-state index is 12.4. The molecular formula is C18H22N4O3S. The average molecular weight is 374 g/mol. The minimum absolute atomic E-state index is 0.0265. The highest BCUT2D eigenvalue weighted by Gasteiger charge is 2.35. The first kappa shape index (κ1) is 18.4. The lowest BCUT2D eigenvalue weighted by atomic mass is 10.1. The van der Waals surface area contributed by atoms with Gasteiger partial charge in [-0.2, -0.15) is 0 Å². The topological polar surface area (TPSA) is 88.3 Å². The van der Waals surface area contributed by atoms with Crippen molar-refractivity contribution < 1.29 is 14.0 Å². The van der Waals surface area contributed by atoms with Gasteiger partial charge in [-0.05, 0) is 36.9 Å². The molecule has 1 aliphatic rings. The van der Waals surface area contributed by atoms with Gasteiger partial charge in [-0.3, -0.25) is 14.9 Å². The zero-order chi connectivity index (χ0) is 18.5. The van der Waals surface area contributed by atoms with Crippen LogP contribution in [0.4, 0.5) is 11.7 Å². The summed E-state index contributed by atoms with van der Waals surface area (Å²) in [6.07, 6.45) is 4.51. The summed E-state index contributed by atoms with van der Waals surface area (Å²) in [6.45, 7) is 2.51. The molecular weight excluding hydrogens is 352 g/mol. The number of hydrogen-bond acceptors (Lipinski definition) is 6. The molecule has 138 valence electrons. The summed E-state index contributed by atoms with van der Waals surface area (Å²) in [7, 11) is 0. The normalized spacial score (nSPS) is 16.9. The number of carbonyl (C=O) groups excluding carboxylic acids is 2.